The molecule has 0 amide bonds. The van der Waals surface area contributed by atoms with Gasteiger partial charge in [-0.1, -0.05) is 41.5 Å². The Labute approximate surface area is 326 Å². The fourth-order valence-electron chi connectivity index (χ4n) is 5.39. The zero-order chi connectivity index (χ0) is 41.6. The van der Waals surface area contributed by atoms with Gasteiger partial charge in [-0.05, 0) is 38.5 Å². The van der Waals surface area contributed by atoms with Gasteiger partial charge in [0, 0.05) is 50.7 Å². The quantitative estimate of drug-likeness (QED) is 0.0865. The third-order valence-corrected chi connectivity index (χ3v) is 7.95. The molecular formula is C38H56O18. The third-order valence-electron chi connectivity index (χ3n) is 7.95. The van der Waals surface area contributed by atoms with Crippen LogP contribution in [0.3, 0.4) is 0 Å². The molecule has 2 heterocycles. The van der Waals surface area contributed by atoms with Gasteiger partial charge in [-0.2, -0.15) is 0 Å². The van der Waals surface area contributed by atoms with Gasteiger partial charge in [0.15, 0.2) is 24.4 Å². The van der Waals surface area contributed by atoms with E-state index in [0.29, 0.717) is 50.7 Å². The lowest BCUT2D eigenvalue weighted by Gasteiger charge is -2.40. The van der Waals surface area contributed by atoms with Crippen LogP contribution in [0.25, 0.3) is 0 Å². The number of carbonyl (C=O) groups excluding carboxylic acids is 8. The molecule has 0 aliphatic carbocycles. The van der Waals surface area contributed by atoms with Crippen molar-refractivity contribution in [1.82, 2.24) is 0 Å². The summed E-state index contributed by atoms with van der Waals surface area (Å²) in [5.41, 5.74) is 0. The Bertz CT molecular complexity index is 1260. The molecule has 0 bridgehead atoms. The van der Waals surface area contributed by atoms with Gasteiger partial charge >= 0.3 is 47.8 Å². The Kier molecular flexibility index (Phi) is 21.7. The highest BCUT2D eigenvalue weighted by Gasteiger charge is 2.50. The summed E-state index contributed by atoms with van der Waals surface area (Å²) >= 11 is 0. The summed E-state index contributed by atoms with van der Waals surface area (Å²) in [4.78, 5) is 101. The summed E-state index contributed by atoms with van der Waals surface area (Å²) < 4.78 is 55.2. The van der Waals surface area contributed by atoms with Crippen molar-refractivity contribution in [1.29, 1.82) is 0 Å². The summed E-state index contributed by atoms with van der Waals surface area (Å²) in [5, 5.41) is 0. The molecule has 0 spiro atoms. The maximum absolute atomic E-state index is 13.0. The molecule has 0 radical (unpaired) electrons. The van der Waals surface area contributed by atoms with Crippen LogP contribution in [0.15, 0.2) is 12.2 Å². The van der Waals surface area contributed by atoms with E-state index in [-0.39, 0.29) is 38.5 Å². The lowest BCUT2D eigenvalue weighted by molar-refractivity contribution is -0.274. The Morgan fingerprint density at radius 1 is 0.393 bits per heavy atom. The van der Waals surface area contributed by atoms with Crippen molar-refractivity contribution >= 4 is 47.8 Å². The smallest absolute Gasteiger partial charge is 0.333 e. The standard InChI is InChI=1S/C38H56O18/c1-7-13-25(39)49-23-21-47-37(35(53-29(43)17-11-5)33(23)51-27(41)15-9-3)55-31(45)19-20-32(46)56-38-36(54-30(44)18-12-6)34(52-28(42)16-10-4)24(22-48-38)50-26(40)14-8-2/h19-20,23-24,33-38H,7-18,21-22H2,1-6H3/b20-19+/t23-,24-,33+,34+,35-,36-,37+,38+/m1/s1. The highest BCUT2D eigenvalue weighted by molar-refractivity contribution is 5.91. The molecule has 18 nitrogen and oxygen atoms in total. The topological polar surface area (TPSA) is 229 Å². The predicted octanol–water partition coefficient (Wildman–Crippen LogP) is 3.61. The van der Waals surface area contributed by atoms with Crippen LogP contribution in [-0.4, -0.2) is 110 Å². The largest absolute Gasteiger partial charge is 0.456 e. The van der Waals surface area contributed by atoms with Crippen molar-refractivity contribution in [3.8, 4) is 0 Å². The van der Waals surface area contributed by atoms with E-state index in [1.54, 1.807) is 41.5 Å². The van der Waals surface area contributed by atoms with Gasteiger partial charge < -0.3 is 47.4 Å². The summed E-state index contributed by atoms with van der Waals surface area (Å²) in [6.07, 6.45) is -7.77. The van der Waals surface area contributed by atoms with Crippen molar-refractivity contribution in [2.45, 2.75) is 168 Å². The molecule has 2 aliphatic rings. The second kappa shape index (κ2) is 25.6. The number of rotatable bonds is 22. The summed E-state index contributed by atoms with van der Waals surface area (Å²) in [6, 6.07) is 0. The fourth-order valence-corrected chi connectivity index (χ4v) is 5.39. The van der Waals surface area contributed by atoms with Crippen molar-refractivity contribution in [3.05, 3.63) is 12.2 Å². The first-order valence-electron chi connectivity index (χ1n) is 19.3. The van der Waals surface area contributed by atoms with Crippen LogP contribution in [0.4, 0.5) is 0 Å². The van der Waals surface area contributed by atoms with Gasteiger partial charge in [-0.3, -0.25) is 28.8 Å². The van der Waals surface area contributed by atoms with E-state index in [0.717, 1.165) is 0 Å². The zero-order valence-electron chi connectivity index (χ0n) is 33.0. The first-order chi connectivity index (χ1) is 26.8. The SMILES string of the molecule is CCCC(=O)O[C@@H]1[C@@H](OC(=O)CCC)[C@H](OC(=O)/C=C/C(=O)O[C@@H]2OC[C@@H](OC(=O)CCC)[C@H](OC(=O)CCC)[C@H]2OC(=O)CCC)OC[C@H]1OC(=O)CCC. The van der Waals surface area contributed by atoms with Crippen LogP contribution >= 0.6 is 0 Å². The molecular weight excluding hydrogens is 744 g/mol. The predicted molar refractivity (Wildman–Crippen MR) is 190 cm³/mol. The molecule has 2 rings (SSSR count). The normalized spacial score (nSPS) is 24.6. The molecule has 0 aromatic carbocycles. The Morgan fingerprint density at radius 2 is 0.643 bits per heavy atom. The summed E-state index contributed by atoms with van der Waals surface area (Å²) in [5.74, 6) is -6.44. The number of hydrogen-bond donors (Lipinski definition) is 0. The molecule has 56 heavy (non-hydrogen) atoms. The van der Waals surface area contributed by atoms with Gasteiger partial charge in [0.25, 0.3) is 0 Å². The van der Waals surface area contributed by atoms with Gasteiger partial charge in [-0.25, -0.2) is 9.59 Å². The molecule has 18 heteroatoms. The zero-order valence-corrected chi connectivity index (χ0v) is 33.0. The number of ether oxygens (including phenoxy) is 10. The minimum atomic E-state index is -1.67. The van der Waals surface area contributed by atoms with E-state index >= 15 is 0 Å². The van der Waals surface area contributed by atoms with Gasteiger partial charge in [0.05, 0.1) is 13.2 Å². The van der Waals surface area contributed by atoms with E-state index in [4.69, 9.17) is 47.4 Å². The van der Waals surface area contributed by atoms with Gasteiger partial charge in [0.1, 0.15) is 0 Å². The minimum absolute atomic E-state index is 0.00609. The first-order valence-corrected chi connectivity index (χ1v) is 19.3. The molecule has 8 atom stereocenters. The Hall–Kier alpha value is -4.58. The highest BCUT2D eigenvalue weighted by Crippen LogP contribution is 2.28. The lowest BCUT2D eigenvalue weighted by atomic mass is 10.0. The molecule has 0 N–H and O–H groups in total. The highest BCUT2D eigenvalue weighted by atomic mass is 16.7. The second-order valence-electron chi connectivity index (χ2n) is 13.0. The van der Waals surface area contributed by atoms with Crippen molar-refractivity contribution in [2.75, 3.05) is 13.2 Å². The number of esters is 8. The Balaban J connectivity index is 2.31. The molecule has 316 valence electrons. The maximum Gasteiger partial charge on any atom is 0.333 e. The van der Waals surface area contributed by atoms with Crippen molar-refractivity contribution in [3.63, 3.8) is 0 Å². The summed E-state index contributed by atoms with van der Waals surface area (Å²) in [7, 11) is 0. The average Bonchev–Trinajstić information content (AvgIpc) is 3.12. The van der Waals surface area contributed by atoms with Crippen LogP contribution < -0.4 is 0 Å². The van der Waals surface area contributed by atoms with E-state index < -0.39 is 110 Å². The lowest BCUT2D eigenvalue weighted by Crippen LogP contribution is -2.58. The van der Waals surface area contributed by atoms with E-state index in [9.17, 15) is 38.4 Å². The molecule has 0 aromatic rings. The number of carbonyl (C=O) groups is 8. The van der Waals surface area contributed by atoms with E-state index in [1.165, 1.54) is 0 Å². The molecule has 2 saturated heterocycles. The third kappa shape index (κ3) is 16.3. The van der Waals surface area contributed by atoms with E-state index in [1.807, 2.05) is 0 Å². The number of hydrogen-bond acceptors (Lipinski definition) is 18. The minimum Gasteiger partial charge on any atom is -0.456 e. The molecule has 0 aromatic heterocycles. The Morgan fingerprint density at radius 3 is 0.911 bits per heavy atom. The first kappa shape index (κ1) is 47.6. The van der Waals surface area contributed by atoms with Crippen molar-refractivity contribution in [2.24, 2.45) is 0 Å². The maximum atomic E-state index is 13.0. The van der Waals surface area contributed by atoms with Crippen LogP contribution in [0.1, 0.15) is 119 Å². The van der Waals surface area contributed by atoms with Gasteiger partial charge in [0.2, 0.25) is 24.8 Å². The fraction of sp³-hybridized carbons (Fsp3) is 0.737. The van der Waals surface area contributed by atoms with Crippen molar-refractivity contribution < 1.29 is 85.7 Å². The average molecular weight is 801 g/mol. The second-order valence-corrected chi connectivity index (χ2v) is 13.0. The molecule has 0 saturated carbocycles. The molecule has 2 fully saturated rings. The molecule has 2 aliphatic heterocycles. The van der Waals surface area contributed by atoms with Crippen LogP contribution in [0.2, 0.25) is 0 Å². The molecule has 0 unspecified atom stereocenters. The van der Waals surface area contributed by atoms with Gasteiger partial charge in [-0.15, -0.1) is 0 Å². The van der Waals surface area contributed by atoms with E-state index in [2.05, 4.69) is 0 Å². The summed E-state index contributed by atoms with van der Waals surface area (Å²) in [6.45, 7) is 9.66. The monoisotopic (exact) mass is 800 g/mol. The van der Waals surface area contributed by atoms with Crippen LogP contribution in [-0.2, 0) is 85.7 Å². The van der Waals surface area contributed by atoms with Crippen LogP contribution in [0.5, 0.6) is 0 Å². The van der Waals surface area contributed by atoms with Crippen LogP contribution in [0, 0.1) is 0 Å².